The first kappa shape index (κ1) is 20.9. The van der Waals surface area contributed by atoms with E-state index in [1.807, 2.05) is 0 Å². The molecule has 2 heterocycles. The Kier molecular flexibility index (Phi) is 5.46. The van der Waals surface area contributed by atoms with Gasteiger partial charge in [-0.3, -0.25) is 4.79 Å². The summed E-state index contributed by atoms with van der Waals surface area (Å²) in [5.41, 5.74) is -0.495. The highest BCUT2D eigenvalue weighted by molar-refractivity contribution is 5.88. The second kappa shape index (κ2) is 8.08. The standard InChI is InChI=1S/C21H20O10/c1-28-11-4-2-9(3-5-11)19-20(31-21-18(27)16(25)13(24)8-29-21)17(26)15-12(23)6-10(22)7-14(15)30-19/h2-7,13,16,18,21-25,27H,8H2,1H3. The molecular weight excluding hydrogens is 412 g/mol. The van der Waals surface area contributed by atoms with Crippen LogP contribution < -0.4 is 14.9 Å². The Morgan fingerprint density at radius 1 is 1.03 bits per heavy atom. The van der Waals surface area contributed by atoms with Gasteiger partial charge < -0.3 is 44.2 Å². The van der Waals surface area contributed by atoms with E-state index < -0.39 is 41.5 Å². The Balaban J connectivity index is 1.88. The van der Waals surface area contributed by atoms with Crippen LogP contribution in [0, 0.1) is 0 Å². The van der Waals surface area contributed by atoms with Gasteiger partial charge in [0.2, 0.25) is 17.5 Å². The number of rotatable bonds is 4. The second-order valence-corrected chi connectivity index (χ2v) is 7.02. The molecule has 0 amide bonds. The predicted molar refractivity (Wildman–Crippen MR) is 106 cm³/mol. The summed E-state index contributed by atoms with van der Waals surface area (Å²) < 4.78 is 21.7. The summed E-state index contributed by atoms with van der Waals surface area (Å²) in [4.78, 5) is 13.2. The van der Waals surface area contributed by atoms with E-state index in [2.05, 4.69) is 0 Å². The molecule has 0 aliphatic carbocycles. The number of hydrogen-bond donors (Lipinski definition) is 5. The van der Waals surface area contributed by atoms with Crippen LogP contribution in [-0.2, 0) is 4.74 Å². The van der Waals surface area contributed by atoms with Crippen molar-refractivity contribution in [3.63, 3.8) is 0 Å². The number of aromatic hydroxyl groups is 2. The molecule has 4 rings (SSSR count). The van der Waals surface area contributed by atoms with Gasteiger partial charge in [0, 0.05) is 17.7 Å². The number of hydrogen-bond acceptors (Lipinski definition) is 10. The van der Waals surface area contributed by atoms with Gasteiger partial charge in [0.1, 0.15) is 46.5 Å². The molecule has 3 aromatic rings. The van der Waals surface area contributed by atoms with E-state index in [0.29, 0.717) is 11.3 Å². The zero-order valence-corrected chi connectivity index (χ0v) is 16.3. The SMILES string of the molecule is COc1ccc(-c2oc3cc(O)cc(O)c3c(=O)c2OC2OCC(O)C(O)C2O)cc1. The van der Waals surface area contributed by atoms with Crippen molar-refractivity contribution in [2.24, 2.45) is 0 Å². The average molecular weight is 432 g/mol. The lowest BCUT2D eigenvalue weighted by Crippen LogP contribution is -2.55. The van der Waals surface area contributed by atoms with Crippen LogP contribution >= 0.6 is 0 Å². The molecule has 0 saturated carbocycles. The van der Waals surface area contributed by atoms with Crippen molar-refractivity contribution in [2.75, 3.05) is 13.7 Å². The van der Waals surface area contributed by atoms with Crippen LogP contribution in [0.1, 0.15) is 0 Å². The minimum absolute atomic E-state index is 0.0680. The molecule has 0 radical (unpaired) electrons. The maximum Gasteiger partial charge on any atom is 0.239 e. The fraction of sp³-hybridized carbons (Fsp3) is 0.286. The summed E-state index contributed by atoms with van der Waals surface area (Å²) in [5.74, 6) is -0.762. The van der Waals surface area contributed by atoms with Gasteiger partial charge in [-0.1, -0.05) is 0 Å². The predicted octanol–water partition coefficient (Wildman–Crippen LogP) is 0.698. The van der Waals surface area contributed by atoms with Gasteiger partial charge in [0.25, 0.3) is 0 Å². The average Bonchev–Trinajstić information content (AvgIpc) is 2.75. The van der Waals surface area contributed by atoms with Crippen LogP contribution in [0.25, 0.3) is 22.3 Å². The van der Waals surface area contributed by atoms with Crippen LogP contribution in [-0.4, -0.2) is 63.9 Å². The molecule has 0 bridgehead atoms. The van der Waals surface area contributed by atoms with Crippen molar-refractivity contribution >= 4 is 11.0 Å². The number of aliphatic hydroxyl groups is 3. The van der Waals surface area contributed by atoms with Crippen molar-refractivity contribution < 1.29 is 44.2 Å². The topological polar surface area (TPSA) is 159 Å². The van der Waals surface area contributed by atoms with Crippen molar-refractivity contribution in [3.05, 3.63) is 46.6 Å². The molecule has 10 nitrogen and oxygen atoms in total. The fourth-order valence-corrected chi connectivity index (χ4v) is 3.31. The third-order valence-corrected chi connectivity index (χ3v) is 4.96. The molecule has 1 aliphatic rings. The second-order valence-electron chi connectivity index (χ2n) is 7.02. The molecule has 5 N–H and O–H groups in total. The third kappa shape index (κ3) is 3.77. The molecule has 4 atom stereocenters. The van der Waals surface area contributed by atoms with Crippen LogP contribution in [0.15, 0.2) is 45.6 Å². The first-order chi connectivity index (χ1) is 14.8. The summed E-state index contributed by atoms with van der Waals surface area (Å²) in [6.07, 6.45) is -6.03. The Hall–Kier alpha value is -3.31. The van der Waals surface area contributed by atoms with E-state index >= 15 is 0 Å². The van der Waals surface area contributed by atoms with Crippen LogP contribution in [0.3, 0.4) is 0 Å². The Morgan fingerprint density at radius 2 is 1.74 bits per heavy atom. The van der Waals surface area contributed by atoms with E-state index in [4.69, 9.17) is 18.6 Å². The van der Waals surface area contributed by atoms with E-state index in [9.17, 15) is 30.3 Å². The Labute approximate surface area is 175 Å². The minimum atomic E-state index is -1.66. The molecule has 164 valence electrons. The van der Waals surface area contributed by atoms with Gasteiger partial charge in [-0.15, -0.1) is 0 Å². The number of methoxy groups -OCH3 is 1. The molecule has 0 spiro atoms. The van der Waals surface area contributed by atoms with Gasteiger partial charge in [-0.2, -0.15) is 0 Å². The summed E-state index contributed by atoms with van der Waals surface area (Å²) in [6.45, 7) is -0.335. The highest BCUT2D eigenvalue weighted by atomic mass is 16.7. The lowest BCUT2D eigenvalue weighted by Gasteiger charge is -2.34. The van der Waals surface area contributed by atoms with Crippen molar-refractivity contribution in [1.29, 1.82) is 0 Å². The number of benzene rings is 2. The number of phenols is 2. The molecular formula is C21H20O10. The van der Waals surface area contributed by atoms with Crippen molar-refractivity contribution in [2.45, 2.75) is 24.6 Å². The number of fused-ring (bicyclic) bond motifs is 1. The number of phenolic OH excluding ortho intramolecular Hbond substituents is 2. The first-order valence-electron chi connectivity index (χ1n) is 9.30. The molecule has 10 heteroatoms. The van der Waals surface area contributed by atoms with Gasteiger partial charge in [0.15, 0.2) is 5.76 Å². The van der Waals surface area contributed by atoms with Gasteiger partial charge in [-0.25, -0.2) is 0 Å². The molecule has 1 fully saturated rings. The largest absolute Gasteiger partial charge is 0.508 e. The monoisotopic (exact) mass is 432 g/mol. The Morgan fingerprint density at radius 3 is 2.42 bits per heavy atom. The van der Waals surface area contributed by atoms with E-state index in [1.54, 1.807) is 24.3 Å². The molecule has 31 heavy (non-hydrogen) atoms. The summed E-state index contributed by atoms with van der Waals surface area (Å²) in [6, 6.07) is 8.57. The zero-order valence-electron chi connectivity index (χ0n) is 16.3. The van der Waals surface area contributed by atoms with Crippen LogP contribution in [0.4, 0.5) is 0 Å². The first-order valence-corrected chi connectivity index (χ1v) is 9.30. The van der Waals surface area contributed by atoms with Crippen molar-refractivity contribution in [3.8, 4) is 34.3 Å². The molecule has 1 aromatic heterocycles. The summed E-state index contributed by atoms with van der Waals surface area (Å²) in [7, 11) is 1.49. The van der Waals surface area contributed by atoms with E-state index in [1.165, 1.54) is 13.2 Å². The molecule has 1 saturated heterocycles. The smallest absolute Gasteiger partial charge is 0.239 e. The zero-order chi connectivity index (χ0) is 22.3. The highest BCUT2D eigenvalue weighted by Crippen LogP contribution is 2.37. The summed E-state index contributed by atoms with van der Waals surface area (Å²) >= 11 is 0. The van der Waals surface area contributed by atoms with Gasteiger partial charge in [0.05, 0.1) is 13.7 Å². The lowest BCUT2D eigenvalue weighted by atomic mass is 10.1. The Bertz CT molecular complexity index is 1150. The minimum Gasteiger partial charge on any atom is -0.508 e. The maximum atomic E-state index is 13.2. The van der Waals surface area contributed by atoms with Crippen LogP contribution in [0.2, 0.25) is 0 Å². The lowest BCUT2D eigenvalue weighted by molar-refractivity contribution is -0.242. The molecule has 2 aromatic carbocycles. The summed E-state index contributed by atoms with van der Waals surface area (Å²) in [5, 5.41) is 49.4. The molecule has 1 aliphatic heterocycles. The van der Waals surface area contributed by atoms with E-state index in [0.717, 1.165) is 6.07 Å². The van der Waals surface area contributed by atoms with Gasteiger partial charge >= 0.3 is 0 Å². The van der Waals surface area contributed by atoms with Gasteiger partial charge in [-0.05, 0) is 24.3 Å². The quantitative estimate of drug-likeness (QED) is 0.397. The molecule has 4 unspecified atom stereocenters. The third-order valence-electron chi connectivity index (χ3n) is 4.96. The maximum absolute atomic E-state index is 13.2. The highest BCUT2D eigenvalue weighted by Gasteiger charge is 2.40. The number of aliphatic hydroxyl groups excluding tert-OH is 3. The normalized spacial score (nSPS) is 23.6. The number of ether oxygens (including phenoxy) is 3. The van der Waals surface area contributed by atoms with E-state index in [-0.39, 0.29) is 29.1 Å². The van der Waals surface area contributed by atoms with Crippen molar-refractivity contribution in [1.82, 2.24) is 0 Å². The van der Waals surface area contributed by atoms with Crippen LogP contribution in [0.5, 0.6) is 23.0 Å². The fourth-order valence-electron chi connectivity index (χ4n) is 3.31.